The van der Waals surface area contributed by atoms with Gasteiger partial charge in [0, 0.05) is 37.5 Å². The maximum absolute atomic E-state index is 8.78. The molecule has 6 heteroatoms. The molecule has 0 aliphatic carbocycles. The Labute approximate surface area is 123 Å². The van der Waals surface area contributed by atoms with E-state index in [0.29, 0.717) is 19.6 Å². The van der Waals surface area contributed by atoms with E-state index >= 15 is 0 Å². The first kappa shape index (κ1) is 16.4. The van der Waals surface area contributed by atoms with Crippen LogP contribution in [-0.2, 0) is 4.74 Å². The summed E-state index contributed by atoms with van der Waals surface area (Å²) in [5.74, 6) is 0. The third kappa shape index (κ3) is 5.09. The summed E-state index contributed by atoms with van der Waals surface area (Å²) in [5.41, 5.74) is 6.12. The number of nitrogens with zero attached hydrogens (tertiary/aromatic N) is 2. The molecule has 0 saturated heterocycles. The van der Waals surface area contributed by atoms with Crippen LogP contribution in [0.4, 0.5) is 0 Å². The minimum absolute atomic E-state index is 0.0368. The Morgan fingerprint density at radius 2 is 2.26 bits per heavy atom. The summed E-state index contributed by atoms with van der Waals surface area (Å²) in [4.78, 5) is 3.33. The van der Waals surface area contributed by atoms with Gasteiger partial charge in [0.05, 0.1) is 23.1 Å². The highest BCUT2D eigenvalue weighted by molar-refractivity contribution is 7.16. The van der Waals surface area contributed by atoms with Crippen molar-refractivity contribution < 1.29 is 4.74 Å². The van der Waals surface area contributed by atoms with E-state index in [2.05, 4.69) is 11.0 Å². The summed E-state index contributed by atoms with van der Waals surface area (Å²) in [6, 6.07) is 6.10. The standard InChI is InChI=1S/C13H20ClN3OS/c1-10(16)13(11-4-5-12(14)19-11)17(7-3-6-15)8-9-18-2/h4-5,10,13H,3,7-9,16H2,1-2H3. The topological polar surface area (TPSA) is 62.3 Å². The molecular weight excluding hydrogens is 282 g/mol. The molecule has 106 valence electrons. The Bertz CT molecular complexity index is 416. The Kier molecular flexibility index (Phi) is 7.36. The zero-order chi connectivity index (χ0) is 14.3. The second kappa shape index (κ2) is 8.51. The number of hydrogen-bond acceptors (Lipinski definition) is 5. The van der Waals surface area contributed by atoms with Crippen LogP contribution in [0, 0.1) is 11.3 Å². The Morgan fingerprint density at radius 3 is 2.74 bits per heavy atom. The minimum Gasteiger partial charge on any atom is -0.383 e. The number of methoxy groups -OCH3 is 1. The highest BCUT2D eigenvalue weighted by atomic mass is 35.5. The van der Waals surface area contributed by atoms with Crippen LogP contribution in [0.1, 0.15) is 24.3 Å². The Morgan fingerprint density at radius 1 is 1.53 bits per heavy atom. The zero-order valence-electron chi connectivity index (χ0n) is 11.3. The fourth-order valence-corrected chi connectivity index (χ4v) is 3.36. The van der Waals surface area contributed by atoms with E-state index in [-0.39, 0.29) is 12.1 Å². The van der Waals surface area contributed by atoms with Crippen LogP contribution in [0.2, 0.25) is 4.34 Å². The van der Waals surface area contributed by atoms with Crippen molar-refractivity contribution in [2.45, 2.75) is 25.4 Å². The molecule has 1 rings (SSSR count). The number of halogens is 1. The molecule has 0 bridgehead atoms. The normalized spacial score (nSPS) is 14.3. The second-order valence-corrected chi connectivity index (χ2v) is 6.13. The third-order valence-electron chi connectivity index (χ3n) is 2.87. The summed E-state index contributed by atoms with van der Waals surface area (Å²) < 4.78 is 5.89. The SMILES string of the molecule is COCCN(CCC#N)C(c1ccc(Cl)s1)C(C)N. The average Bonchev–Trinajstić information content (AvgIpc) is 2.78. The van der Waals surface area contributed by atoms with Crippen molar-refractivity contribution in [3.8, 4) is 6.07 Å². The minimum atomic E-state index is -0.0368. The number of nitriles is 1. The van der Waals surface area contributed by atoms with Gasteiger partial charge in [-0.2, -0.15) is 5.26 Å². The molecule has 1 heterocycles. The highest BCUT2D eigenvalue weighted by Gasteiger charge is 2.25. The molecule has 0 radical (unpaired) electrons. The lowest BCUT2D eigenvalue weighted by Gasteiger charge is -2.33. The maximum Gasteiger partial charge on any atom is 0.0931 e. The largest absolute Gasteiger partial charge is 0.383 e. The van der Waals surface area contributed by atoms with Crippen molar-refractivity contribution in [2.75, 3.05) is 26.8 Å². The molecule has 2 atom stereocenters. The predicted octanol–water partition coefficient (Wildman–Crippen LogP) is 2.65. The number of ether oxygens (including phenoxy) is 1. The van der Waals surface area contributed by atoms with Gasteiger partial charge in [-0.25, -0.2) is 0 Å². The molecule has 2 unspecified atom stereocenters. The molecule has 0 aliphatic rings. The number of hydrogen-bond donors (Lipinski definition) is 1. The van der Waals surface area contributed by atoms with Crippen molar-refractivity contribution >= 4 is 22.9 Å². The maximum atomic E-state index is 8.78. The monoisotopic (exact) mass is 301 g/mol. The van der Waals surface area contributed by atoms with Gasteiger partial charge in [0.1, 0.15) is 0 Å². The van der Waals surface area contributed by atoms with Crippen LogP contribution in [0.25, 0.3) is 0 Å². The van der Waals surface area contributed by atoms with Crippen LogP contribution in [0.15, 0.2) is 12.1 Å². The van der Waals surface area contributed by atoms with Crippen LogP contribution in [-0.4, -0.2) is 37.7 Å². The van der Waals surface area contributed by atoms with Crippen molar-refractivity contribution in [1.82, 2.24) is 4.90 Å². The van der Waals surface area contributed by atoms with Gasteiger partial charge < -0.3 is 10.5 Å². The fourth-order valence-electron chi connectivity index (χ4n) is 2.05. The molecule has 0 aliphatic heterocycles. The van der Waals surface area contributed by atoms with Crippen molar-refractivity contribution in [3.05, 3.63) is 21.3 Å². The van der Waals surface area contributed by atoms with Gasteiger partial charge in [0.2, 0.25) is 0 Å². The first-order valence-corrected chi connectivity index (χ1v) is 7.40. The van der Waals surface area contributed by atoms with E-state index in [0.717, 1.165) is 15.8 Å². The lowest BCUT2D eigenvalue weighted by molar-refractivity contribution is 0.113. The van der Waals surface area contributed by atoms with Crippen LogP contribution in [0.5, 0.6) is 0 Å². The van der Waals surface area contributed by atoms with Crippen LogP contribution < -0.4 is 5.73 Å². The van der Waals surface area contributed by atoms with Crippen LogP contribution in [0.3, 0.4) is 0 Å². The summed E-state index contributed by atoms with van der Waals surface area (Å²) in [6.07, 6.45) is 0.478. The quantitative estimate of drug-likeness (QED) is 0.802. The lowest BCUT2D eigenvalue weighted by Crippen LogP contribution is -2.41. The van der Waals surface area contributed by atoms with Gasteiger partial charge in [-0.3, -0.25) is 4.90 Å². The summed E-state index contributed by atoms with van der Waals surface area (Å²) in [6.45, 7) is 4.03. The van der Waals surface area contributed by atoms with E-state index < -0.39 is 0 Å². The van der Waals surface area contributed by atoms with Gasteiger partial charge in [-0.05, 0) is 19.1 Å². The molecular formula is C13H20ClN3OS. The fraction of sp³-hybridized carbons (Fsp3) is 0.615. The average molecular weight is 302 g/mol. The predicted molar refractivity (Wildman–Crippen MR) is 79.4 cm³/mol. The molecule has 0 aromatic carbocycles. The highest BCUT2D eigenvalue weighted by Crippen LogP contribution is 2.32. The summed E-state index contributed by atoms with van der Waals surface area (Å²) in [5, 5.41) is 8.78. The van der Waals surface area contributed by atoms with E-state index in [1.54, 1.807) is 7.11 Å². The molecule has 4 nitrogen and oxygen atoms in total. The van der Waals surface area contributed by atoms with Gasteiger partial charge in [-0.15, -0.1) is 11.3 Å². The van der Waals surface area contributed by atoms with Crippen molar-refractivity contribution in [3.63, 3.8) is 0 Å². The Balaban J connectivity index is 2.87. The van der Waals surface area contributed by atoms with Gasteiger partial charge >= 0.3 is 0 Å². The van der Waals surface area contributed by atoms with E-state index in [1.807, 2.05) is 19.1 Å². The molecule has 19 heavy (non-hydrogen) atoms. The molecule has 1 aromatic heterocycles. The first-order valence-electron chi connectivity index (χ1n) is 6.21. The van der Waals surface area contributed by atoms with Gasteiger partial charge in [-0.1, -0.05) is 11.6 Å². The van der Waals surface area contributed by atoms with Gasteiger partial charge in [0.25, 0.3) is 0 Å². The van der Waals surface area contributed by atoms with Crippen molar-refractivity contribution in [2.24, 2.45) is 5.73 Å². The molecule has 1 aromatic rings. The van der Waals surface area contributed by atoms with E-state index in [9.17, 15) is 0 Å². The molecule has 0 fully saturated rings. The smallest absolute Gasteiger partial charge is 0.0931 e. The summed E-state index contributed by atoms with van der Waals surface area (Å²) >= 11 is 7.54. The van der Waals surface area contributed by atoms with Crippen molar-refractivity contribution in [1.29, 1.82) is 5.26 Å². The zero-order valence-corrected chi connectivity index (χ0v) is 12.9. The second-order valence-electron chi connectivity index (χ2n) is 4.38. The summed E-state index contributed by atoms with van der Waals surface area (Å²) in [7, 11) is 1.67. The molecule has 2 N–H and O–H groups in total. The van der Waals surface area contributed by atoms with Crippen LogP contribution >= 0.6 is 22.9 Å². The molecule has 0 amide bonds. The lowest BCUT2D eigenvalue weighted by atomic mass is 10.1. The number of thiophene rings is 1. The number of rotatable bonds is 8. The Hall–Kier alpha value is -0.640. The molecule has 0 spiro atoms. The van der Waals surface area contributed by atoms with E-state index in [4.69, 9.17) is 27.3 Å². The molecule has 0 saturated carbocycles. The van der Waals surface area contributed by atoms with E-state index in [1.165, 1.54) is 11.3 Å². The van der Waals surface area contributed by atoms with Gasteiger partial charge in [0.15, 0.2) is 0 Å². The first-order chi connectivity index (χ1) is 9.10. The third-order valence-corrected chi connectivity index (χ3v) is 4.17. The number of nitrogens with two attached hydrogens (primary N) is 1.